The predicted octanol–water partition coefficient (Wildman–Crippen LogP) is 3.93. The molecule has 1 aliphatic carbocycles. The Kier molecular flexibility index (Phi) is 5.18. The molecular weight excluding hydrogens is 390 g/mol. The van der Waals surface area contributed by atoms with E-state index in [1.54, 1.807) is 4.57 Å². The number of para-hydroxylation sites is 1. The molecule has 1 aromatic carbocycles. The van der Waals surface area contributed by atoms with E-state index >= 15 is 0 Å². The fourth-order valence-electron chi connectivity index (χ4n) is 5.21. The smallest absolute Gasteiger partial charge is 0.263 e. The summed E-state index contributed by atoms with van der Waals surface area (Å²) >= 11 is 0. The highest BCUT2D eigenvalue weighted by Crippen LogP contribution is 2.34. The number of nitrogens with zero attached hydrogens (tertiary/aromatic N) is 1. The number of fused-ring (bicyclic) bond motifs is 3. The minimum absolute atomic E-state index is 0.0438. The van der Waals surface area contributed by atoms with Crippen LogP contribution in [0.2, 0.25) is 0 Å². The lowest BCUT2D eigenvalue weighted by Gasteiger charge is -2.24. The van der Waals surface area contributed by atoms with Gasteiger partial charge in [0.25, 0.3) is 11.5 Å². The number of hydrogen-bond acceptors (Lipinski definition) is 3. The number of aromatic amines is 1. The average molecular weight is 420 g/mol. The van der Waals surface area contributed by atoms with Gasteiger partial charge in [-0.3, -0.25) is 9.59 Å². The Morgan fingerprint density at radius 2 is 2.06 bits per heavy atom. The summed E-state index contributed by atoms with van der Waals surface area (Å²) in [6.45, 7) is 5.00. The summed E-state index contributed by atoms with van der Waals surface area (Å²) in [5.41, 5.74) is 5.05. The maximum atomic E-state index is 13.3. The summed E-state index contributed by atoms with van der Waals surface area (Å²) < 4.78 is 7.42. The molecule has 0 radical (unpaired) electrons. The summed E-state index contributed by atoms with van der Waals surface area (Å²) in [6, 6.07) is 10.1. The number of amides is 1. The Morgan fingerprint density at radius 1 is 1.23 bits per heavy atom. The van der Waals surface area contributed by atoms with E-state index in [-0.39, 0.29) is 29.2 Å². The van der Waals surface area contributed by atoms with Gasteiger partial charge in [-0.2, -0.15) is 0 Å². The normalized spacial score (nSPS) is 20.7. The topological polar surface area (TPSA) is 76.1 Å². The van der Waals surface area contributed by atoms with Crippen molar-refractivity contribution < 1.29 is 9.53 Å². The highest BCUT2D eigenvalue weighted by atomic mass is 16.5. The van der Waals surface area contributed by atoms with Gasteiger partial charge in [0.05, 0.1) is 18.7 Å². The molecule has 3 aromatic rings. The van der Waals surface area contributed by atoms with E-state index in [4.69, 9.17) is 4.74 Å². The van der Waals surface area contributed by atoms with Gasteiger partial charge in [0.15, 0.2) is 0 Å². The van der Waals surface area contributed by atoms with Crippen molar-refractivity contribution in [2.75, 3.05) is 6.61 Å². The molecule has 3 heterocycles. The van der Waals surface area contributed by atoms with Crippen LogP contribution in [0.15, 0.2) is 35.1 Å². The first-order valence-corrected chi connectivity index (χ1v) is 11.3. The Bertz CT molecular complexity index is 1200. The van der Waals surface area contributed by atoms with Crippen molar-refractivity contribution in [2.45, 2.75) is 64.6 Å². The maximum absolute atomic E-state index is 13.3. The van der Waals surface area contributed by atoms with Crippen LogP contribution in [0.1, 0.15) is 64.6 Å². The molecule has 6 heteroatoms. The molecule has 2 N–H and O–H groups in total. The van der Waals surface area contributed by atoms with Gasteiger partial charge in [0.2, 0.25) is 0 Å². The number of aromatic nitrogens is 2. The largest absolute Gasteiger partial charge is 0.376 e. The van der Waals surface area contributed by atoms with Crippen LogP contribution in [0.3, 0.4) is 0 Å². The van der Waals surface area contributed by atoms with Crippen LogP contribution in [0.25, 0.3) is 10.9 Å². The zero-order valence-electron chi connectivity index (χ0n) is 18.2. The highest BCUT2D eigenvalue weighted by Gasteiger charge is 2.28. The predicted molar refractivity (Wildman–Crippen MR) is 121 cm³/mol. The standard InChI is InChI=1S/C25H29N3O3/c1-15-13-16(2)28(14-17-7-6-12-31-17)25(30)22(15)24(29)27-21-11-5-9-19-18-8-3-4-10-20(18)26-23(19)21/h3-4,8,10,13,17,21,26H,5-7,9,11-12,14H2,1-2H3,(H,27,29)/t17-,21-/m0/s1. The number of benzene rings is 1. The van der Waals surface area contributed by atoms with Crippen LogP contribution >= 0.6 is 0 Å². The fourth-order valence-corrected chi connectivity index (χ4v) is 5.21. The second-order valence-corrected chi connectivity index (χ2v) is 8.88. The van der Waals surface area contributed by atoms with Crippen LogP contribution in [-0.2, 0) is 17.7 Å². The van der Waals surface area contributed by atoms with Crippen molar-refractivity contribution in [3.8, 4) is 0 Å². The summed E-state index contributed by atoms with van der Waals surface area (Å²) in [5, 5.41) is 4.38. The third-order valence-electron chi connectivity index (χ3n) is 6.76. The number of pyridine rings is 1. The SMILES string of the molecule is Cc1cc(C)n(C[C@@H]2CCCO2)c(=O)c1C(=O)N[C@H]1CCCc2c1[nH]c1ccccc21. The van der Waals surface area contributed by atoms with Crippen molar-refractivity contribution in [2.24, 2.45) is 0 Å². The van der Waals surface area contributed by atoms with Crippen molar-refractivity contribution in [3.63, 3.8) is 0 Å². The van der Waals surface area contributed by atoms with Gasteiger partial charge in [-0.25, -0.2) is 0 Å². The number of carbonyl (C=O) groups is 1. The van der Waals surface area contributed by atoms with Gasteiger partial charge in [-0.05, 0) is 69.2 Å². The number of rotatable bonds is 4. The molecule has 1 fully saturated rings. The number of H-pyrrole nitrogens is 1. The number of hydrogen-bond donors (Lipinski definition) is 2. The molecular formula is C25H29N3O3. The second-order valence-electron chi connectivity index (χ2n) is 8.88. The lowest BCUT2D eigenvalue weighted by atomic mass is 9.91. The Balaban J connectivity index is 1.46. The zero-order chi connectivity index (χ0) is 21.5. The van der Waals surface area contributed by atoms with Gasteiger partial charge in [0, 0.05) is 28.9 Å². The summed E-state index contributed by atoms with van der Waals surface area (Å²) in [4.78, 5) is 30.1. The van der Waals surface area contributed by atoms with Crippen LogP contribution in [0.5, 0.6) is 0 Å². The van der Waals surface area contributed by atoms with Crippen LogP contribution in [-0.4, -0.2) is 28.2 Å². The first-order valence-electron chi connectivity index (χ1n) is 11.3. The molecule has 0 bridgehead atoms. The van der Waals surface area contributed by atoms with Crippen molar-refractivity contribution >= 4 is 16.8 Å². The molecule has 162 valence electrons. The first kappa shape index (κ1) is 20.1. The number of aryl methyl sites for hydroxylation is 3. The molecule has 2 aliphatic rings. The van der Waals surface area contributed by atoms with Crippen molar-refractivity contribution in [1.82, 2.24) is 14.9 Å². The number of ether oxygens (including phenoxy) is 1. The van der Waals surface area contributed by atoms with Gasteiger partial charge < -0.3 is 19.6 Å². The molecule has 1 saturated heterocycles. The maximum Gasteiger partial charge on any atom is 0.263 e. The van der Waals surface area contributed by atoms with E-state index in [1.165, 1.54) is 10.9 Å². The number of nitrogens with one attached hydrogen (secondary N) is 2. The summed E-state index contributed by atoms with van der Waals surface area (Å²) in [7, 11) is 0. The van der Waals surface area contributed by atoms with Gasteiger partial charge in [-0.1, -0.05) is 18.2 Å². The second kappa shape index (κ2) is 8.00. The van der Waals surface area contributed by atoms with Gasteiger partial charge in [-0.15, -0.1) is 0 Å². The average Bonchev–Trinajstić information content (AvgIpc) is 3.39. The molecule has 0 saturated carbocycles. The van der Waals surface area contributed by atoms with E-state index < -0.39 is 0 Å². The molecule has 0 unspecified atom stereocenters. The van der Waals surface area contributed by atoms with Crippen LogP contribution < -0.4 is 10.9 Å². The lowest BCUT2D eigenvalue weighted by Crippen LogP contribution is -2.39. The molecule has 6 nitrogen and oxygen atoms in total. The highest BCUT2D eigenvalue weighted by molar-refractivity contribution is 5.96. The molecule has 2 atom stereocenters. The molecule has 0 spiro atoms. The Morgan fingerprint density at radius 3 is 2.87 bits per heavy atom. The summed E-state index contributed by atoms with van der Waals surface area (Å²) in [5.74, 6) is -0.292. The Labute approximate surface area is 181 Å². The van der Waals surface area contributed by atoms with E-state index in [0.29, 0.717) is 6.54 Å². The monoisotopic (exact) mass is 419 g/mol. The van der Waals surface area contributed by atoms with E-state index in [9.17, 15) is 9.59 Å². The quantitative estimate of drug-likeness (QED) is 0.673. The lowest BCUT2D eigenvalue weighted by molar-refractivity contribution is 0.0913. The minimum atomic E-state index is -0.292. The van der Waals surface area contributed by atoms with E-state index in [2.05, 4.69) is 22.4 Å². The van der Waals surface area contributed by atoms with Crippen LogP contribution in [0.4, 0.5) is 0 Å². The number of carbonyl (C=O) groups excluding carboxylic acids is 1. The zero-order valence-corrected chi connectivity index (χ0v) is 18.2. The van der Waals surface area contributed by atoms with Gasteiger partial charge in [0.1, 0.15) is 5.56 Å². The molecule has 1 amide bonds. The molecule has 2 aromatic heterocycles. The molecule has 1 aliphatic heterocycles. The molecule has 31 heavy (non-hydrogen) atoms. The van der Waals surface area contributed by atoms with E-state index in [1.807, 2.05) is 32.0 Å². The fraction of sp³-hybridized carbons (Fsp3) is 0.440. The molecule has 5 rings (SSSR count). The summed E-state index contributed by atoms with van der Waals surface area (Å²) in [6.07, 6.45) is 4.89. The third-order valence-corrected chi connectivity index (χ3v) is 6.76. The van der Waals surface area contributed by atoms with Crippen molar-refractivity contribution in [1.29, 1.82) is 0 Å². The van der Waals surface area contributed by atoms with E-state index in [0.717, 1.165) is 61.2 Å². The first-order chi connectivity index (χ1) is 15.0. The van der Waals surface area contributed by atoms with Crippen LogP contribution in [0, 0.1) is 13.8 Å². The third kappa shape index (κ3) is 3.59. The van der Waals surface area contributed by atoms with Crippen molar-refractivity contribution in [3.05, 3.63) is 68.8 Å². The van der Waals surface area contributed by atoms with Gasteiger partial charge >= 0.3 is 0 Å². The minimum Gasteiger partial charge on any atom is -0.376 e. The Hall–Kier alpha value is -2.86.